The summed E-state index contributed by atoms with van der Waals surface area (Å²) in [5.74, 6) is 0.161. The molecule has 2 aliphatic rings. The van der Waals surface area contributed by atoms with Crippen LogP contribution in [0.1, 0.15) is 31.2 Å². The van der Waals surface area contributed by atoms with Gasteiger partial charge < -0.3 is 9.88 Å². The molecule has 1 unspecified atom stereocenters. The maximum atomic E-state index is 12.2. The number of aromatic nitrogens is 1. The van der Waals surface area contributed by atoms with Crippen molar-refractivity contribution in [2.75, 3.05) is 6.54 Å². The molecule has 20 heavy (non-hydrogen) atoms. The van der Waals surface area contributed by atoms with Gasteiger partial charge >= 0.3 is 0 Å². The highest BCUT2D eigenvalue weighted by Crippen LogP contribution is 2.23. The molecule has 1 saturated heterocycles. The van der Waals surface area contributed by atoms with Crippen LogP contribution < -0.4 is 10.9 Å². The standard InChI is InChI=1S/C15H21N3O2/c1-17-8-6-11(9-14(17)19)10-18-7-2-3-13(18)15(20)16-12-4-5-12/h6,8-9,12-13H,2-5,7,10H2,1H3,(H,16,20). The van der Waals surface area contributed by atoms with Crippen LogP contribution in [0.4, 0.5) is 0 Å². The highest BCUT2D eigenvalue weighted by Gasteiger charge is 2.33. The molecule has 0 bridgehead atoms. The van der Waals surface area contributed by atoms with Crippen molar-refractivity contribution in [3.05, 3.63) is 34.2 Å². The molecule has 3 rings (SSSR count). The van der Waals surface area contributed by atoms with E-state index in [0.717, 1.165) is 37.8 Å². The molecule has 1 aromatic heterocycles. The van der Waals surface area contributed by atoms with E-state index in [1.54, 1.807) is 23.9 Å². The van der Waals surface area contributed by atoms with Crippen molar-refractivity contribution in [1.82, 2.24) is 14.8 Å². The molecule has 1 saturated carbocycles. The number of likely N-dealkylation sites (tertiary alicyclic amines) is 1. The van der Waals surface area contributed by atoms with Crippen molar-refractivity contribution in [3.63, 3.8) is 0 Å². The fraction of sp³-hybridized carbons (Fsp3) is 0.600. The average Bonchev–Trinajstić information content (AvgIpc) is 3.10. The number of rotatable bonds is 4. The summed E-state index contributed by atoms with van der Waals surface area (Å²) in [6.45, 7) is 1.61. The molecule has 1 aliphatic heterocycles. The third-order valence-electron chi connectivity index (χ3n) is 4.14. The van der Waals surface area contributed by atoms with Gasteiger partial charge in [-0.2, -0.15) is 0 Å². The van der Waals surface area contributed by atoms with Crippen LogP contribution in [0.3, 0.4) is 0 Å². The number of amides is 1. The predicted molar refractivity (Wildman–Crippen MR) is 76.3 cm³/mol. The first-order valence-corrected chi connectivity index (χ1v) is 7.33. The van der Waals surface area contributed by atoms with E-state index >= 15 is 0 Å². The molecule has 1 N–H and O–H groups in total. The van der Waals surface area contributed by atoms with Crippen molar-refractivity contribution in [2.45, 2.75) is 44.3 Å². The number of hydrogen-bond acceptors (Lipinski definition) is 3. The molecule has 1 aromatic rings. The van der Waals surface area contributed by atoms with Crippen molar-refractivity contribution in [2.24, 2.45) is 7.05 Å². The first kappa shape index (κ1) is 13.4. The van der Waals surface area contributed by atoms with Crippen molar-refractivity contribution >= 4 is 5.91 Å². The fourth-order valence-electron chi connectivity index (χ4n) is 2.76. The molecular weight excluding hydrogens is 254 g/mol. The fourth-order valence-corrected chi connectivity index (χ4v) is 2.76. The van der Waals surface area contributed by atoms with Gasteiger partial charge in [0.05, 0.1) is 6.04 Å². The van der Waals surface area contributed by atoms with E-state index in [2.05, 4.69) is 10.2 Å². The van der Waals surface area contributed by atoms with Crippen LogP contribution in [-0.4, -0.2) is 34.0 Å². The third-order valence-corrected chi connectivity index (χ3v) is 4.14. The lowest BCUT2D eigenvalue weighted by molar-refractivity contribution is -0.125. The molecule has 0 spiro atoms. The Morgan fingerprint density at radius 3 is 2.90 bits per heavy atom. The molecule has 2 fully saturated rings. The maximum Gasteiger partial charge on any atom is 0.250 e. The van der Waals surface area contributed by atoms with Gasteiger partial charge in [0, 0.05) is 31.9 Å². The minimum atomic E-state index is -0.0281. The Balaban J connectivity index is 1.66. The van der Waals surface area contributed by atoms with Crippen LogP contribution in [0.15, 0.2) is 23.1 Å². The number of carbonyl (C=O) groups excluding carboxylic acids is 1. The van der Waals surface area contributed by atoms with Gasteiger partial charge in [0.2, 0.25) is 5.91 Å². The summed E-state index contributed by atoms with van der Waals surface area (Å²) in [6.07, 6.45) is 5.99. The first-order chi connectivity index (χ1) is 9.63. The van der Waals surface area contributed by atoms with E-state index in [4.69, 9.17) is 0 Å². The summed E-state index contributed by atoms with van der Waals surface area (Å²) in [5, 5.41) is 3.09. The van der Waals surface area contributed by atoms with E-state index < -0.39 is 0 Å². The number of pyridine rings is 1. The minimum absolute atomic E-state index is 0.000629. The average molecular weight is 275 g/mol. The van der Waals surface area contributed by atoms with Gasteiger partial charge in [0.1, 0.15) is 0 Å². The largest absolute Gasteiger partial charge is 0.352 e. The molecule has 1 atom stereocenters. The van der Waals surface area contributed by atoms with Gasteiger partial charge in [0.25, 0.3) is 5.56 Å². The minimum Gasteiger partial charge on any atom is -0.352 e. The molecule has 1 amide bonds. The molecule has 1 aliphatic carbocycles. The molecular formula is C15H21N3O2. The van der Waals surface area contributed by atoms with Crippen LogP contribution in [-0.2, 0) is 18.4 Å². The third kappa shape index (κ3) is 2.93. The number of nitrogens with one attached hydrogen (secondary N) is 1. The number of nitrogens with zero attached hydrogens (tertiary/aromatic N) is 2. The van der Waals surface area contributed by atoms with E-state index in [1.165, 1.54) is 0 Å². The highest BCUT2D eigenvalue weighted by molar-refractivity contribution is 5.82. The van der Waals surface area contributed by atoms with Crippen molar-refractivity contribution in [1.29, 1.82) is 0 Å². The van der Waals surface area contributed by atoms with Gasteiger partial charge in [0.15, 0.2) is 0 Å². The van der Waals surface area contributed by atoms with Gasteiger partial charge in [-0.3, -0.25) is 14.5 Å². The quantitative estimate of drug-likeness (QED) is 0.877. The summed E-state index contributed by atoms with van der Waals surface area (Å²) < 4.78 is 1.56. The second-order valence-electron chi connectivity index (χ2n) is 5.90. The van der Waals surface area contributed by atoms with Crippen LogP contribution in [0, 0.1) is 0 Å². The van der Waals surface area contributed by atoms with Crippen molar-refractivity contribution < 1.29 is 4.79 Å². The topological polar surface area (TPSA) is 54.3 Å². The van der Waals surface area contributed by atoms with Crippen molar-refractivity contribution in [3.8, 4) is 0 Å². The zero-order chi connectivity index (χ0) is 14.1. The highest BCUT2D eigenvalue weighted by atomic mass is 16.2. The lowest BCUT2D eigenvalue weighted by Crippen LogP contribution is -2.43. The van der Waals surface area contributed by atoms with Gasteiger partial charge in [-0.05, 0) is 43.9 Å². The lowest BCUT2D eigenvalue weighted by Gasteiger charge is -2.23. The Morgan fingerprint density at radius 2 is 2.20 bits per heavy atom. The zero-order valence-electron chi connectivity index (χ0n) is 11.8. The van der Waals surface area contributed by atoms with E-state index in [0.29, 0.717) is 12.6 Å². The van der Waals surface area contributed by atoms with E-state index in [9.17, 15) is 9.59 Å². The SMILES string of the molecule is Cn1ccc(CN2CCCC2C(=O)NC2CC2)cc1=O. The summed E-state index contributed by atoms with van der Waals surface area (Å²) in [7, 11) is 1.74. The maximum absolute atomic E-state index is 12.2. The number of carbonyl (C=O) groups is 1. The van der Waals surface area contributed by atoms with Crippen LogP contribution >= 0.6 is 0 Å². The molecule has 0 radical (unpaired) electrons. The summed E-state index contributed by atoms with van der Waals surface area (Å²) >= 11 is 0. The van der Waals surface area contributed by atoms with Gasteiger partial charge in [-0.25, -0.2) is 0 Å². The van der Waals surface area contributed by atoms with Crippen LogP contribution in [0.25, 0.3) is 0 Å². The Morgan fingerprint density at radius 1 is 1.40 bits per heavy atom. The van der Waals surface area contributed by atoms with E-state index in [-0.39, 0.29) is 17.5 Å². The molecule has 2 heterocycles. The van der Waals surface area contributed by atoms with Gasteiger partial charge in [-0.15, -0.1) is 0 Å². The summed E-state index contributed by atoms with van der Waals surface area (Å²) in [4.78, 5) is 26.0. The first-order valence-electron chi connectivity index (χ1n) is 7.33. The molecule has 108 valence electrons. The Kier molecular flexibility index (Phi) is 3.61. The number of aryl methyl sites for hydroxylation is 1. The van der Waals surface area contributed by atoms with E-state index in [1.807, 2.05) is 6.07 Å². The monoisotopic (exact) mass is 275 g/mol. The summed E-state index contributed by atoms with van der Waals surface area (Å²) in [5.41, 5.74) is 0.986. The predicted octanol–water partition coefficient (Wildman–Crippen LogP) is 0.628. The second kappa shape index (κ2) is 5.40. The van der Waals surface area contributed by atoms with Crippen LogP contribution in [0.5, 0.6) is 0 Å². The summed E-state index contributed by atoms with van der Waals surface area (Å²) in [6, 6.07) is 4.00. The lowest BCUT2D eigenvalue weighted by atomic mass is 10.2. The molecule has 5 heteroatoms. The Hall–Kier alpha value is -1.62. The number of hydrogen-bond donors (Lipinski definition) is 1. The molecule has 0 aromatic carbocycles. The zero-order valence-corrected chi connectivity index (χ0v) is 11.8. The normalized spacial score (nSPS) is 22.9. The van der Waals surface area contributed by atoms with Gasteiger partial charge in [-0.1, -0.05) is 0 Å². The molecule has 5 nitrogen and oxygen atoms in total. The van der Waals surface area contributed by atoms with Crippen LogP contribution in [0.2, 0.25) is 0 Å². The Labute approximate surface area is 118 Å². The smallest absolute Gasteiger partial charge is 0.250 e. The second-order valence-corrected chi connectivity index (χ2v) is 5.90. The Bertz CT molecular complexity index is 562.